The first-order valence-electron chi connectivity index (χ1n) is 5.77. The van der Waals surface area contributed by atoms with Crippen molar-refractivity contribution < 1.29 is 24.2 Å². The topological polar surface area (TPSA) is 119 Å². The normalized spacial score (nSPS) is 13.5. The summed E-state index contributed by atoms with van der Waals surface area (Å²) < 4.78 is 4.40. The predicted molar refractivity (Wildman–Crippen MR) is 63.7 cm³/mol. The lowest BCUT2D eigenvalue weighted by molar-refractivity contribution is -0.144. The number of carbonyl (C=O) groups excluding carboxylic acids is 2. The Morgan fingerprint density at radius 1 is 1.33 bits per heavy atom. The van der Waals surface area contributed by atoms with E-state index < -0.39 is 29.9 Å². The summed E-state index contributed by atoms with van der Waals surface area (Å²) >= 11 is 0. The Labute approximate surface area is 106 Å². The van der Waals surface area contributed by atoms with Crippen LogP contribution < -0.4 is 11.1 Å². The van der Waals surface area contributed by atoms with Gasteiger partial charge in [0, 0.05) is 6.42 Å². The molecule has 0 aromatic rings. The van der Waals surface area contributed by atoms with Crippen LogP contribution in [0, 0.1) is 0 Å². The van der Waals surface area contributed by atoms with Gasteiger partial charge in [-0.15, -0.1) is 0 Å². The number of amides is 1. The maximum atomic E-state index is 11.5. The number of esters is 1. The first kappa shape index (κ1) is 16.4. The number of nitrogens with two attached hydrogens (primary N) is 1. The van der Waals surface area contributed by atoms with Crippen molar-refractivity contribution in [1.82, 2.24) is 5.32 Å². The molecule has 0 spiro atoms. The van der Waals surface area contributed by atoms with Gasteiger partial charge in [0.05, 0.1) is 13.2 Å². The monoisotopic (exact) mass is 260 g/mol. The van der Waals surface area contributed by atoms with Gasteiger partial charge in [-0.2, -0.15) is 0 Å². The Morgan fingerprint density at radius 2 is 1.94 bits per heavy atom. The van der Waals surface area contributed by atoms with Crippen molar-refractivity contribution in [3.8, 4) is 0 Å². The van der Waals surface area contributed by atoms with Gasteiger partial charge in [0.15, 0.2) is 0 Å². The van der Waals surface area contributed by atoms with E-state index in [1.807, 2.05) is 6.92 Å². The molecule has 0 aromatic heterocycles. The summed E-state index contributed by atoms with van der Waals surface area (Å²) in [5, 5.41) is 11.2. The van der Waals surface area contributed by atoms with Crippen LogP contribution in [0.4, 0.5) is 0 Å². The fourth-order valence-electron chi connectivity index (χ4n) is 1.34. The van der Waals surface area contributed by atoms with Crippen LogP contribution >= 0.6 is 0 Å². The molecule has 18 heavy (non-hydrogen) atoms. The molecule has 4 N–H and O–H groups in total. The zero-order valence-electron chi connectivity index (χ0n) is 10.6. The molecule has 7 nitrogen and oxygen atoms in total. The third-order valence-electron chi connectivity index (χ3n) is 2.42. The molecule has 0 aliphatic carbocycles. The summed E-state index contributed by atoms with van der Waals surface area (Å²) in [5.74, 6) is -2.24. The van der Waals surface area contributed by atoms with E-state index in [0.29, 0.717) is 6.42 Å². The number of nitrogens with one attached hydrogen (secondary N) is 1. The van der Waals surface area contributed by atoms with E-state index in [1.54, 1.807) is 0 Å². The molecule has 104 valence electrons. The molecular formula is C11H20N2O5. The van der Waals surface area contributed by atoms with Crippen molar-refractivity contribution in [1.29, 1.82) is 0 Å². The highest BCUT2D eigenvalue weighted by molar-refractivity contribution is 5.87. The van der Waals surface area contributed by atoms with Gasteiger partial charge >= 0.3 is 11.9 Å². The van der Waals surface area contributed by atoms with E-state index in [2.05, 4.69) is 10.1 Å². The third kappa shape index (κ3) is 6.19. The van der Waals surface area contributed by atoms with Crippen LogP contribution in [-0.4, -0.2) is 42.1 Å². The Kier molecular flexibility index (Phi) is 7.69. The average molecular weight is 260 g/mol. The van der Waals surface area contributed by atoms with E-state index in [1.165, 1.54) is 7.11 Å². The molecule has 0 saturated carbocycles. The standard InChI is InChI=1S/C11H20N2O5/c1-3-4-7(12)10(15)13-8(11(16)17)5-6-9(14)18-2/h7-8H,3-6,12H2,1-2H3,(H,13,15)(H,16,17)/t7-,8-/m0/s1. The second kappa shape index (κ2) is 8.46. The van der Waals surface area contributed by atoms with Gasteiger partial charge in [-0.05, 0) is 12.8 Å². The Hall–Kier alpha value is -1.63. The number of hydrogen-bond donors (Lipinski definition) is 3. The van der Waals surface area contributed by atoms with Crippen molar-refractivity contribution in [3.63, 3.8) is 0 Å². The van der Waals surface area contributed by atoms with E-state index >= 15 is 0 Å². The number of rotatable bonds is 8. The fraction of sp³-hybridized carbons (Fsp3) is 0.727. The van der Waals surface area contributed by atoms with Crippen LogP contribution in [0.3, 0.4) is 0 Å². The van der Waals surface area contributed by atoms with Gasteiger partial charge in [-0.1, -0.05) is 13.3 Å². The van der Waals surface area contributed by atoms with Gasteiger partial charge in [0.1, 0.15) is 6.04 Å². The van der Waals surface area contributed by atoms with Gasteiger partial charge in [0.2, 0.25) is 5.91 Å². The lowest BCUT2D eigenvalue weighted by Crippen LogP contribution is -2.48. The molecule has 0 radical (unpaired) electrons. The minimum atomic E-state index is -1.20. The highest BCUT2D eigenvalue weighted by atomic mass is 16.5. The molecule has 1 amide bonds. The average Bonchev–Trinajstić information content (AvgIpc) is 2.33. The van der Waals surface area contributed by atoms with Crippen LogP contribution in [-0.2, 0) is 19.1 Å². The number of ether oxygens (including phenoxy) is 1. The SMILES string of the molecule is CCC[C@H](N)C(=O)N[C@@H](CCC(=O)OC)C(=O)O. The van der Waals surface area contributed by atoms with Crippen molar-refractivity contribution >= 4 is 17.8 Å². The summed E-state index contributed by atoms with van der Waals surface area (Å²) in [6.07, 6.45) is 1.12. The molecule has 0 aliphatic rings. The number of carboxylic acid groups (broad SMARTS) is 1. The van der Waals surface area contributed by atoms with Crippen LogP contribution in [0.2, 0.25) is 0 Å². The van der Waals surface area contributed by atoms with Crippen LogP contribution in [0.5, 0.6) is 0 Å². The number of carboxylic acids is 1. The number of carbonyl (C=O) groups is 3. The molecule has 2 atom stereocenters. The fourth-order valence-corrected chi connectivity index (χ4v) is 1.34. The minimum Gasteiger partial charge on any atom is -0.480 e. The molecule has 0 rings (SSSR count). The highest BCUT2D eigenvalue weighted by Gasteiger charge is 2.23. The third-order valence-corrected chi connectivity index (χ3v) is 2.42. The van der Waals surface area contributed by atoms with Gasteiger partial charge in [-0.3, -0.25) is 9.59 Å². The van der Waals surface area contributed by atoms with Crippen LogP contribution in [0.15, 0.2) is 0 Å². The lowest BCUT2D eigenvalue weighted by atomic mass is 10.1. The molecule has 0 aliphatic heterocycles. The summed E-state index contributed by atoms with van der Waals surface area (Å²) in [4.78, 5) is 33.4. The van der Waals surface area contributed by atoms with Gasteiger partial charge < -0.3 is 20.9 Å². The molecule has 0 unspecified atom stereocenters. The molecule has 0 bridgehead atoms. The number of methoxy groups -OCH3 is 1. The first-order valence-corrected chi connectivity index (χ1v) is 5.77. The summed E-state index contributed by atoms with van der Waals surface area (Å²) in [5.41, 5.74) is 5.56. The minimum absolute atomic E-state index is 0.0212. The molecule has 0 fully saturated rings. The van der Waals surface area contributed by atoms with Crippen molar-refractivity contribution in [2.75, 3.05) is 7.11 Å². The maximum absolute atomic E-state index is 11.5. The zero-order chi connectivity index (χ0) is 14.1. The Bertz CT molecular complexity index is 306. The smallest absolute Gasteiger partial charge is 0.326 e. The van der Waals surface area contributed by atoms with E-state index in [-0.39, 0.29) is 12.8 Å². The Morgan fingerprint density at radius 3 is 2.39 bits per heavy atom. The van der Waals surface area contributed by atoms with Crippen molar-refractivity contribution in [3.05, 3.63) is 0 Å². The zero-order valence-corrected chi connectivity index (χ0v) is 10.6. The second-order valence-corrected chi connectivity index (χ2v) is 3.91. The van der Waals surface area contributed by atoms with E-state index in [9.17, 15) is 14.4 Å². The predicted octanol–water partition coefficient (Wildman–Crippen LogP) is -0.364. The Balaban J connectivity index is 4.31. The number of aliphatic carboxylic acids is 1. The maximum Gasteiger partial charge on any atom is 0.326 e. The van der Waals surface area contributed by atoms with E-state index in [0.717, 1.165) is 6.42 Å². The van der Waals surface area contributed by atoms with Crippen molar-refractivity contribution in [2.45, 2.75) is 44.7 Å². The van der Waals surface area contributed by atoms with Gasteiger partial charge in [0.25, 0.3) is 0 Å². The molecule has 0 aromatic carbocycles. The van der Waals surface area contributed by atoms with Crippen molar-refractivity contribution in [2.24, 2.45) is 5.73 Å². The molecule has 7 heteroatoms. The molecule has 0 saturated heterocycles. The second-order valence-electron chi connectivity index (χ2n) is 3.91. The largest absolute Gasteiger partial charge is 0.480 e. The lowest BCUT2D eigenvalue weighted by Gasteiger charge is -2.17. The molecular weight excluding hydrogens is 240 g/mol. The number of hydrogen-bond acceptors (Lipinski definition) is 5. The summed E-state index contributed by atoms with van der Waals surface area (Å²) in [6, 6.07) is -1.85. The summed E-state index contributed by atoms with van der Waals surface area (Å²) in [7, 11) is 1.22. The van der Waals surface area contributed by atoms with Crippen LogP contribution in [0.1, 0.15) is 32.6 Å². The quantitative estimate of drug-likeness (QED) is 0.513. The van der Waals surface area contributed by atoms with Crippen LogP contribution in [0.25, 0.3) is 0 Å². The van der Waals surface area contributed by atoms with Gasteiger partial charge in [-0.25, -0.2) is 4.79 Å². The molecule has 0 heterocycles. The first-order chi connectivity index (χ1) is 8.42. The van der Waals surface area contributed by atoms with E-state index in [4.69, 9.17) is 10.8 Å². The summed E-state index contributed by atoms with van der Waals surface area (Å²) in [6.45, 7) is 1.87. The highest BCUT2D eigenvalue weighted by Crippen LogP contribution is 2.01.